The predicted octanol–water partition coefficient (Wildman–Crippen LogP) is 4.81. The Morgan fingerprint density at radius 2 is 1.85 bits per heavy atom. The van der Waals surface area contributed by atoms with Crippen LogP contribution in [0.1, 0.15) is 17.5 Å². The van der Waals surface area contributed by atoms with Crippen LogP contribution in [0.2, 0.25) is 0 Å². The van der Waals surface area contributed by atoms with E-state index in [0.717, 1.165) is 10.8 Å². The highest BCUT2D eigenvalue weighted by atomic mass is 35.6. The minimum atomic E-state index is -1.73. The van der Waals surface area contributed by atoms with Gasteiger partial charge in [-0.15, -0.1) is 10.2 Å². The molecule has 0 aliphatic heterocycles. The van der Waals surface area contributed by atoms with Crippen LogP contribution in [-0.2, 0) is 3.79 Å². The zero-order valence-electron chi connectivity index (χ0n) is 9.89. The molecule has 0 fully saturated rings. The van der Waals surface area contributed by atoms with E-state index in [4.69, 9.17) is 43.6 Å². The van der Waals surface area contributed by atoms with E-state index in [-0.39, 0.29) is 11.8 Å². The first-order valence-corrected chi connectivity index (χ1v) is 6.72. The summed E-state index contributed by atoms with van der Waals surface area (Å²) in [5.41, 5.74) is 0. The van der Waals surface area contributed by atoms with Crippen molar-refractivity contribution in [1.29, 1.82) is 0 Å². The smallest absolute Gasteiger partial charge is 0.268 e. The van der Waals surface area contributed by atoms with Crippen LogP contribution in [0, 0.1) is 0 Å². The Bertz CT molecular complexity index is 771. The minimum absolute atomic E-state index is 0.0774. The lowest BCUT2D eigenvalue weighted by molar-refractivity contribution is 0.493. The monoisotopic (exact) mass is 328 g/mol. The van der Waals surface area contributed by atoms with Gasteiger partial charge in [-0.3, -0.25) is 0 Å². The number of benzene rings is 1. The number of furan rings is 1. The summed E-state index contributed by atoms with van der Waals surface area (Å²) in [6.45, 7) is 0. The van der Waals surface area contributed by atoms with Crippen LogP contribution in [0.3, 0.4) is 0 Å². The molecule has 3 aromatic rings. The van der Waals surface area contributed by atoms with Crippen LogP contribution in [0.5, 0.6) is 0 Å². The van der Waals surface area contributed by atoms with Crippen molar-refractivity contribution in [3.63, 3.8) is 0 Å². The van der Waals surface area contributed by atoms with Gasteiger partial charge >= 0.3 is 0 Å². The van der Waals surface area contributed by atoms with E-state index in [9.17, 15) is 0 Å². The summed E-state index contributed by atoms with van der Waals surface area (Å²) in [6, 6.07) is 7.79. The number of aromatic nitrogens is 2. The van der Waals surface area contributed by atoms with Crippen LogP contribution in [-0.4, -0.2) is 10.2 Å². The number of rotatable bonds is 2. The topological polar surface area (TPSA) is 52.1 Å². The molecule has 1 aromatic carbocycles. The van der Waals surface area contributed by atoms with E-state index < -0.39 is 3.79 Å². The third-order valence-electron chi connectivity index (χ3n) is 2.60. The molecule has 0 radical (unpaired) electrons. The molecule has 0 atom stereocenters. The van der Waals surface area contributed by atoms with E-state index in [0.29, 0.717) is 5.76 Å². The van der Waals surface area contributed by atoms with E-state index in [2.05, 4.69) is 10.2 Å². The van der Waals surface area contributed by atoms with Gasteiger partial charge in [-0.2, -0.15) is 0 Å². The SMILES string of the molecule is ClC(Cl)(Cl)c1nnc(C=Cc2occ3ccccc23)o1. The molecule has 20 heavy (non-hydrogen) atoms. The lowest BCUT2D eigenvalue weighted by atomic mass is 10.2. The quantitative estimate of drug-likeness (QED) is 0.633. The first-order valence-electron chi connectivity index (χ1n) is 5.59. The van der Waals surface area contributed by atoms with Crippen molar-refractivity contribution in [2.75, 3.05) is 0 Å². The van der Waals surface area contributed by atoms with Crippen LogP contribution in [0.15, 0.2) is 39.4 Å². The summed E-state index contributed by atoms with van der Waals surface area (Å²) in [7, 11) is 0. The second-order valence-corrected chi connectivity index (χ2v) is 6.24. The average Bonchev–Trinajstić information content (AvgIpc) is 3.02. The Morgan fingerprint density at radius 1 is 1.05 bits per heavy atom. The summed E-state index contributed by atoms with van der Waals surface area (Å²) in [6.07, 6.45) is 4.99. The number of fused-ring (bicyclic) bond motifs is 1. The van der Waals surface area contributed by atoms with Crippen molar-refractivity contribution in [3.05, 3.63) is 48.1 Å². The third kappa shape index (κ3) is 2.68. The molecule has 0 aliphatic carbocycles. The van der Waals surface area contributed by atoms with Gasteiger partial charge in [0.05, 0.1) is 6.26 Å². The summed E-state index contributed by atoms with van der Waals surface area (Å²) in [5.74, 6) is 0.840. The lowest BCUT2D eigenvalue weighted by Gasteiger charge is -2.01. The summed E-state index contributed by atoms with van der Waals surface area (Å²) >= 11 is 16.9. The Labute approximate surface area is 128 Å². The molecule has 2 aromatic heterocycles. The first-order chi connectivity index (χ1) is 9.54. The highest BCUT2D eigenvalue weighted by molar-refractivity contribution is 6.66. The van der Waals surface area contributed by atoms with E-state index in [1.165, 1.54) is 0 Å². The molecule has 0 N–H and O–H groups in total. The molecule has 0 unspecified atom stereocenters. The minimum Gasteiger partial charge on any atom is -0.464 e. The molecular weight excluding hydrogens is 323 g/mol. The van der Waals surface area contributed by atoms with E-state index >= 15 is 0 Å². The molecule has 0 bridgehead atoms. The zero-order valence-corrected chi connectivity index (χ0v) is 12.2. The maximum absolute atomic E-state index is 5.64. The van der Waals surface area contributed by atoms with Crippen molar-refractivity contribution < 1.29 is 8.83 Å². The molecule has 4 nitrogen and oxygen atoms in total. The molecule has 0 saturated carbocycles. The second kappa shape index (κ2) is 5.13. The normalized spacial score (nSPS) is 12.6. The summed E-state index contributed by atoms with van der Waals surface area (Å²) in [5, 5.41) is 9.42. The molecule has 7 heteroatoms. The molecule has 102 valence electrons. The van der Waals surface area contributed by atoms with Gasteiger partial charge in [0.25, 0.3) is 9.68 Å². The number of hydrogen-bond acceptors (Lipinski definition) is 4. The van der Waals surface area contributed by atoms with Gasteiger partial charge in [0, 0.05) is 16.8 Å². The maximum atomic E-state index is 5.64. The van der Waals surface area contributed by atoms with Gasteiger partial charge in [-0.05, 0) is 6.08 Å². The van der Waals surface area contributed by atoms with Gasteiger partial charge in [0.1, 0.15) is 5.76 Å². The van der Waals surface area contributed by atoms with Crippen molar-refractivity contribution in [2.45, 2.75) is 3.79 Å². The average molecular weight is 330 g/mol. The van der Waals surface area contributed by atoms with E-state index in [1.54, 1.807) is 18.4 Å². The van der Waals surface area contributed by atoms with Gasteiger partial charge in [-0.1, -0.05) is 59.1 Å². The largest absolute Gasteiger partial charge is 0.464 e. The number of halogens is 3. The zero-order chi connectivity index (χ0) is 14.2. The summed E-state index contributed by atoms with van der Waals surface area (Å²) < 4.78 is 8.94. The van der Waals surface area contributed by atoms with Crippen LogP contribution < -0.4 is 0 Å². The fraction of sp³-hybridized carbons (Fsp3) is 0.0769. The standard InChI is InChI=1S/C13H7Cl3N2O2/c14-13(15,16)12-18-17-11(20-12)6-5-10-9-4-2-1-3-8(9)7-19-10/h1-7H. The highest BCUT2D eigenvalue weighted by Crippen LogP contribution is 2.37. The Balaban J connectivity index is 1.89. The van der Waals surface area contributed by atoms with Gasteiger partial charge < -0.3 is 8.83 Å². The number of alkyl halides is 3. The van der Waals surface area contributed by atoms with Gasteiger partial charge in [-0.25, -0.2) is 0 Å². The molecular formula is C13H7Cl3N2O2. The Hall–Kier alpha value is -1.49. The fourth-order valence-electron chi connectivity index (χ4n) is 1.71. The van der Waals surface area contributed by atoms with Crippen molar-refractivity contribution in [2.24, 2.45) is 0 Å². The van der Waals surface area contributed by atoms with Gasteiger partial charge in [0.2, 0.25) is 5.89 Å². The number of nitrogens with zero attached hydrogens (tertiary/aromatic N) is 2. The van der Waals surface area contributed by atoms with Crippen molar-refractivity contribution >= 4 is 57.7 Å². The number of hydrogen-bond donors (Lipinski definition) is 0. The lowest BCUT2D eigenvalue weighted by Crippen LogP contribution is -1.99. The molecule has 3 rings (SSSR count). The van der Waals surface area contributed by atoms with Crippen LogP contribution in [0.4, 0.5) is 0 Å². The van der Waals surface area contributed by atoms with Crippen LogP contribution in [0.25, 0.3) is 22.9 Å². The van der Waals surface area contributed by atoms with Gasteiger partial charge in [0.15, 0.2) is 0 Å². The molecule has 0 spiro atoms. The molecule has 2 heterocycles. The van der Waals surface area contributed by atoms with Crippen LogP contribution >= 0.6 is 34.8 Å². The van der Waals surface area contributed by atoms with Crippen molar-refractivity contribution in [3.8, 4) is 0 Å². The maximum Gasteiger partial charge on any atom is 0.268 e. The molecule has 0 saturated heterocycles. The van der Waals surface area contributed by atoms with E-state index in [1.807, 2.05) is 24.3 Å². The fourth-order valence-corrected chi connectivity index (χ4v) is 1.94. The molecule has 0 amide bonds. The summed E-state index contributed by atoms with van der Waals surface area (Å²) in [4.78, 5) is 0. The Morgan fingerprint density at radius 3 is 2.60 bits per heavy atom. The molecule has 0 aliphatic rings. The first kappa shape index (κ1) is 13.5. The highest BCUT2D eigenvalue weighted by Gasteiger charge is 2.29. The Kier molecular flexibility index (Phi) is 3.46. The second-order valence-electron chi connectivity index (χ2n) is 3.96. The predicted molar refractivity (Wildman–Crippen MR) is 78.7 cm³/mol. The van der Waals surface area contributed by atoms with Crippen molar-refractivity contribution in [1.82, 2.24) is 10.2 Å². The third-order valence-corrected chi connectivity index (χ3v) is 3.08.